The smallest absolute Gasteiger partial charge is 0.159 e. The molecule has 1 aliphatic carbocycles. The highest BCUT2D eigenvalue weighted by Gasteiger charge is 2.14. The minimum atomic E-state index is -0.812. The summed E-state index contributed by atoms with van der Waals surface area (Å²) in [5, 5.41) is 3.55. The molecular formula is C17H21F2N3. The second-order valence-corrected chi connectivity index (χ2v) is 5.94. The molecule has 1 N–H and O–H groups in total. The van der Waals surface area contributed by atoms with Gasteiger partial charge in [-0.05, 0) is 30.5 Å². The van der Waals surface area contributed by atoms with Crippen LogP contribution >= 0.6 is 0 Å². The van der Waals surface area contributed by atoms with Gasteiger partial charge in [0.1, 0.15) is 5.82 Å². The van der Waals surface area contributed by atoms with Gasteiger partial charge in [-0.15, -0.1) is 0 Å². The lowest BCUT2D eigenvalue weighted by atomic mass is 9.95. The summed E-state index contributed by atoms with van der Waals surface area (Å²) in [6.07, 6.45) is 10.00. The highest BCUT2D eigenvalue weighted by molar-refractivity contribution is 5.18. The summed E-state index contributed by atoms with van der Waals surface area (Å²) in [5.74, 6) is -0.691. The van der Waals surface area contributed by atoms with Crippen molar-refractivity contribution in [2.75, 3.05) is 0 Å². The molecule has 1 saturated carbocycles. The van der Waals surface area contributed by atoms with Gasteiger partial charge in [-0.2, -0.15) is 0 Å². The standard InChI is InChI=1S/C17H21F2N3/c18-15-7-6-13(10-16(15)19)12-22-9-8-20-17(22)11-21-14-4-2-1-3-5-14/h6-10,14,21H,1-5,11-12H2. The molecule has 1 aliphatic rings. The molecule has 0 aliphatic heterocycles. The Bertz CT molecular complexity index is 618. The third-order valence-electron chi connectivity index (χ3n) is 4.29. The Hall–Kier alpha value is -1.75. The van der Waals surface area contributed by atoms with Crippen molar-refractivity contribution in [1.82, 2.24) is 14.9 Å². The maximum absolute atomic E-state index is 13.3. The van der Waals surface area contributed by atoms with E-state index < -0.39 is 11.6 Å². The first-order valence-corrected chi connectivity index (χ1v) is 7.90. The molecule has 1 fully saturated rings. The molecule has 0 atom stereocenters. The number of rotatable bonds is 5. The minimum absolute atomic E-state index is 0.499. The molecular weight excluding hydrogens is 284 g/mol. The first-order chi connectivity index (χ1) is 10.7. The fraction of sp³-hybridized carbons (Fsp3) is 0.471. The van der Waals surface area contributed by atoms with E-state index in [9.17, 15) is 8.78 Å². The number of hydrogen-bond donors (Lipinski definition) is 1. The molecule has 0 unspecified atom stereocenters. The molecule has 0 spiro atoms. The van der Waals surface area contributed by atoms with Crippen molar-refractivity contribution in [3.63, 3.8) is 0 Å². The van der Waals surface area contributed by atoms with Crippen LogP contribution in [0.1, 0.15) is 43.5 Å². The van der Waals surface area contributed by atoms with Crippen molar-refractivity contribution in [2.24, 2.45) is 0 Å². The minimum Gasteiger partial charge on any atom is -0.329 e. The van der Waals surface area contributed by atoms with Crippen molar-refractivity contribution in [1.29, 1.82) is 0 Å². The molecule has 5 heteroatoms. The van der Waals surface area contributed by atoms with E-state index in [2.05, 4.69) is 10.3 Å². The SMILES string of the molecule is Fc1ccc(Cn2ccnc2CNC2CCCCC2)cc1F. The molecule has 1 aromatic heterocycles. The zero-order valence-electron chi connectivity index (χ0n) is 12.6. The molecule has 1 aromatic carbocycles. The Morgan fingerprint density at radius 3 is 2.73 bits per heavy atom. The van der Waals surface area contributed by atoms with Gasteiger partial charge in [-0.25, -0.2) is 13.8 Å². The predicted octanol–water partition coefficient (Wildman–Crippen LogP) is 3.63. The molecule has 3 nitrogen and oxygen atoms in total. The monoisotopic (exact) mass is 305 g/mol. The lowest BCUT2D eigenvalue weighted by Crippen LogP contribution is -2.31. The summed E-state index contributed by atoms with van der Waals surface area (Å²) in [4.78, 5) is 4.37. The van der Waals surface area contributed by atoms with Crippen LogP contribution < -0.4 is 5.32 Å². The Morgan fingerprint density at radius 2 is 1.95 bits per heavy atom. The average molecular weight is 305 g/mol. The third kappa shape index (κ3) is 3.71. The van der Waals surface area contributed by atoms with Gasteiger partial charge in [0.2, 0.25) is 0 Å². The van der Waals surface area contributed by atoms with Crippen LogP contribution in [0.2, 0.25) is 0 Å². The van der Waals surface area contributed by atoms with E-state index in [-0.39, 0.29) is 0 Å². The van der Waals surface area contributed by atoms with Crippen LogP contribution in [-0.2, 0) is 13.1 Å². The topological polar surface area (TPSA) is 29.9 Å². The second kappa shape index (κ2) is 7.01. The van der Waals surface area contributed by atoms with E-state index in [1.807, 2.05) is 10.8 Å². The Labute approximate surface area is 129 Å². The normalized spacial score (nSPS) is 16.1. The quantitative estimate of drug-likeness (QED) is 0.914. The zero-order valence-corrected chi connectivity index (χ0v) is 12.6. The van der Waals surface area contributed by atoms with Crippen molar-refractivity contribution >= 4 is 0 Å². The second-order valence-electron chi connectivity index (χ2n) is 5.94. The largest absolute Gasteiger partial charge is 0.329 e. The highest BCUT2D eigenvalue weighted by atomic mass is 19.2. The van der Waals surface area contributed by atoms with Crippen molar-refractivity contribution < 1.29 is 8.78 Å². The average Bonchev–Trinajstić information content (AvgIpc) is 2.97. The van der Waals surface area contributed by atoms with E-state index in [0.717, 1.165) is 11.4 Å². The van der Waals surface area contributed by atoms with Crippen LogP contribution in [0.3, 0.4) is 0 Å². The summed E-state index contributed by atoms with van der Waals surface area (Å²) in [5.41, 5.74) is 0.732. The zero-order chi connectivity index (χ0) is 15.4. The van der Waals surface area contributed by atoms with Crippen LogP contribution in [0.15, 0.2) is 30.6 Å². The van der Waals surface area contributed by atoms with Crippen LogP contribution in [0, 0.1) is 11.6 Å². The molecule has 0 saturated heterocycles. The molecule has 1 heterocycles. The summed E-state index contributed by atoms with van der Waals surface area (Å²) >= 11 is 0. The van der Waals surface area contributed by atoms with Crippen molar-refractivity contribution in [3.8, 4) is 0 Å². The van der Waals surface area contributed by atoms with E-state index in [0.29, 0.717) is 19.1 Å². The number of aromatic nitrogens is 2. The van der Waals surface area contributed by atoms with Gasteiger partial charge in [0.25, 0.3) is 0 Å². The lowest BCUT2D eigenvalue weighted by Gasteiger charge is -2.22. The number of halogens is 2. The maximum Gasteiger partial charge on any atom is 0.159 e. The molecule has 0 amide bonds. The van der Waals surface area contributed by atoms with Crippen molar-refractivity contribution in [3.05, 3.63) is 53.6 Å². The number of nitrogens with one attached hydrogen (secondary N) is 1. The van der Waals surface area contributed by atoms with Crippen molar-refractivity contribution in [2.45, 2.75) is 51.2 Å². The number of benzene rings is 1. The molecule has 3 rings (SSSR count). The predicted molar refractivity (Wildman–Crippen MR) is 81.4 cm³/mol. The third-order valence-corrected chi connectivity index (χ3v) is 4.29. The fourth-order valence-corrected chi connectivity index (χ4v) is 3.03. The maximum atomic E-state index is 13.3. The van der Waals surface area contributed by atoms with E-state index >= 15 is 0 Å². The Kier molecular flexibility index (Phi) is 4.83. The molecule has 0 radical (unpaired) electrons. The van der Waals surface area contributed by atoms with E-state index in [4.69, 9.17) is 0 Å². The Balaban J connectivity index is 1.62. The van der Waals surface area contributed by atoms with Crippen LogP contribution in [-0.4, -0.2) is 15.6 Å². The first-order valence-electron chi connectivity index (χ1n) is 7.90. The summed E-state index contributed by atoms with van der Waals surface area (Å²) in [6, 6.07) is 4.59. The molecule has 2 aromatic rings. The highest BCUT2D eigenvalue weighted by Crippen LogP contribution is 2.18. The van der Waals surface area contributed by atoms with Gasteiger partial charge in [0.15, 0.2) is 11.6 Å². The van der Waals surface area contributed by atoms with Crippen LogP contribution in [0.5, 0.6) is 0 Å². The van der Waals surface area contributed by atoms with Gasteiger partial charge < -0.3 is 9.88 Å². The van der Waals surface area contributed by atoms with Gasteiger partial charge in [-0.1, -0.05) is 25.3 Å². The number of nitrogens with zero attached hydrogens (tertiary/aromatic N) is 2. The lowest BCUT2D eigenvalue weighted by molar-refractivity contribution is 0.367. The van der Waals surface area contributed by atoms with Crippen LogP contribution in [0.4, 0.5) is 8.78 Å². The Morgan fingerprint density at radius 1 is 1.14 bits per heavy atom. The van der Waals surface area contributed by atoms with Gasteiger partial charge in [-0.3, -0.25) is 0 Å². The van der Waals surface area contributed by atoms with Gasteiger partial charge >= 0.3 is 0 Å². The van der Waals surface area contributed by atoms with Crippen LogP contribution in [0.25, 0.3) is 0 Å². The van der Waals surface area contributed by atoms with Gasteiger partial charge in [0, 0.05) is 25.0 Å². The van der Waals surface area contributed by atoms with E-state index in [1.165, 1.54) is 44.2 Å². The fourth-order valence-electron chi connectivity index (χ4n) is 3.03. The summed E-state index contributed by atoms with van der Waals surface area (Å²) in [6.45, 7) is 1.21. The molecule has 22 heavy (non-hydrogen) atoms. The summed E-state index contributed by atoms with van der Waals surface area (Å²) < 4.78 is 28.2. The van der Waals surface area contributed by atoms with Gasteiger partial charge in [0.05, 0.1) is 6.54 Å². The number of hydrogen-bond acceptors (Lipinski definition) is 2. The van der Waals surface area contributed by atoms with E-state index in [1.54, 1.807) is 12.3 Å². The molecule has 0 bridgehead atoms. The summed E-state index contributed by atoms with van der Waals surface area (Å²) in [7, 11) is 0. The number of imidazole rings is 1. The molecule has 118 valence electrons. The first kappa shape index (κ1) is 15.2.